The summed E-state index contributed by atoms with van der Waals surface area (Å²) in [7, 11) is 3.25. The van der Waals surface area contributed by atoms with E-state index in [0.717, 1.165) is 11.1 Å². The van der Waals surface area contributed by atoms with Gasteiger partial charge in [-0.05, 0) is 35.1 Å². The second-order valence-electron chi connectivity index (χ2n) is 9.06. The third-order valence-corrected chi connectivity index (χ3v) is 6.76. The van der Waals surface area contributed by atoms with Gasteiger partial charge in [-0.2, -0.15) is 0 Å². The Kier molecular flexibility index (Phi) is 6.76. The quantitative estimate of drug-likeness (QED) is 0.686. The predicted molar refractivity (Wildman–Crippen MR) is 120 cm³/mol. The summed E-state index contributed by atoms with van der Waals surface area (Å²) in [5.74, 6) is 1.58. The number of rotatable bonds is 5. The van der Waals surface area contributed by atoms with Crippen molar-refractivity contribution in [2.75, 3.05) is 21.3 Å². The molecular formula is C23H33O5P. The Morgan fingerprint density at radius 3 is 1.24 bits per heavy atom. The molecule has 0 aliphatic carbocycles. The van der Waals surface area contributed by atoms with Crippen molar-refractivity contribution in [3.8, 4) is 23.0 Å². The van der Waals surface area contributed by atoms with Crippen LogP contribution in [0.1, 0.15) is 52.7 Å². The lowest BCUT2D eigenvalue weighted by Gasteiger charge is -2.28. The summed E-state index contributed by atoms with van der Waals surface area (Å²) >= 11 is 0. The Labute approximate surface area is 175 Å². The number of methoxy groups -OCH3 is 2. The van der Waals surface area contributed by atoms with Crippen molar-refractivity contribution in [2.45, 2.75) is 52.4 Å². The topological polar surface area (TPSA) is 68.2 Å². The van der Waals surface area contributed by atoms with Gasteiger partial charge in [-0.3, -0.25) is 0 Å². The molecule has 2 N–H and O–H groups in total. The third-order valence-electron chi connectivity index (χ3n) is 4.83. The average Bonchev–Trinajstić information content (AvgIpc) is 2.62. The minimum absolute atomic E-state index is 0.158. The fourth-order valence-electron chi connectivity index (χ4n) is 3.20. The molecule has 0 unspecified atom stereocenters. The van der Waals surface area contributed by atoms with Crippen LogP contribution in [0.5, 0.6) is 23.0 Å². The largest absolute Gasteiger partial charge is 0.507 e. The Hall–Kier alpha value is -1.97. The van der Waals surface area contributed by atoms with Crippen LogP contribution in [0.25, 0.3) is 0 Å². The first-order chi connectivity index (χ1) is 13.3. The van der Waals surface area contributed by atoms with Crippen molar-refractivity contribution in [2.24, 2.45) is 0 Å². The maximum Gasteiger partial charge on any atom is 0.129 e. The lowest BCUT2D eigenvalue weighted by atomic mass is 9.86. The van der Waals surface area contributed by atoms with Gasteiger partial charge in [0.1, 0.15) is 23.0 Å². The molecule has 2 rings (SSSR count). The van der Waals surface area contributed by atoms with Gasteiger partial charge in [-0.15, -0.1) is 0 Å². The molecule has 0 amide bonds. The van der Waals surface area contributed by atoms with Crippen molar-refractivity contribution in [1.82, 2.24) is 0 Å². The van der Waals surface area contributed by atoms with E-state index in [-0.39, 0.29) is 22.3 Å². The summed E-state index contributed by atoms with van der Waals surface area (Å²) in [5, 5.41) is 23.4. The van der Waals surface area contributed by atoms with Crippen LogP contribution in [0.15, 0.2) is 24.3 Å². The van der Waals surface area contributed by atoms with Crippen LogP contribution in [0, 0.1) is 0 Å². The smallest absolute Gasteiger partial charge is 0.129 e. The molecule has 0 aliphatic heterocycles. The number of aromatic hydroxyl groups is 2. The second kappa shape index (κ2) is 8.41. The van der Waals surface area contributed by atoms with Gasteiger partial charge in [0.05, 0.1) is 33.0 Å². The number of ether oxygens (including phenoxy) is 2. The number of hydrogen-bond acceptors (Lipinski definition) is 5. The van der Waals surface area contributed by atoms with E-state index in [1.165, 1.54) is 0 Å². The van der Waals surface area contributed by atoms with Crippen molar-refractivity contribution in [3.05, 3.63) is 35.4 Å². The molecule has 0 radical (unpaired) electrons. The molecule has 6 heteroatoms. The van der Waals surface area contributed by atoms with E-state index in [9.17, 15) is 10.2 Å². The van der Waals surface area contributed by atoms with E-state index in [0.29, 0.717) is 22.1 Å². The van der Waals surface area contributed by atoms with Crippen LogP contribution in [0.3, 0.4) is 0 Å². The van der Waals surface area contributed by atoms with E-state index >= 15 is 0 Å². The van der Waals surface area contributed by atoms with Crippen LogP contribution in [-0.2, 0) is 15.4 Å². The van der Waals surface area contributed by atoms with Crippen LogP contribution >= 0.6 is 8.15 Å². The summed E-state index contributed by atoms with van der Waals surface area (Å²) in [5.41, 5.74) is 0.925. The highest BCUT2D eigenvalue weighted by molar-refractivity contribution is 7.69. The molecular weight excluding hydrogens is 387 g/mol. The van der Waals surface area contributed by atoms with Crippen molar-refractivity contribution >= 4 is 18.8 Å². The number of phenolic OH excluding ortho intramolecular Hbond substituents is 2. The minimum atomic E-state index is -1.52. The fourth-order valence-corrected chi connectivity index (χ4v) is 4.97. The van der Waals surface area contributed by atoms with E-state index in [1.54, 1.807) is 33.5 Å². The van der Waals surface area contributed by atoms with Gasteiger partial charge in [0.25, 0.3) is 0 Å². The second-order valence-corrected chi connectivity index (χ2v) is 11.0. The first-order valence-electron chi connectivity index (χ1n) is 9.52. The molecule has 160 valence electrons. The maximum atomic E-state index is 11.1. The normalized spacial score (nSPS) is 12.3. The highest BCUT2D eigenvalue weighted by Crippen LogP contribution is 2.47. The Morgan fingerprint density at radius 2 is 1.00 bits per heavy atom. The average molecular weight is 420 g/mol. The molecule has 2 aromatic carbocycles. The molecule has 5 nitrogen and oxygen atoms in total. The third kappa shape index (κ3) is 4.79. The fraction of sp³-hybridized carbons (Fsp3) is 0.478. The van der Waals surface area contributed by atoms with Gasteiger partial charge in [0.15, 0.2) is 0 Å². The van der Waals surface area contributed by atoms with E-state index in [2.05, 4.69) is 0 Å². The molecule has 0 heterocycles. The SMILES string of the molecule is COc1cc(P(OC)c2cc(OC)cc(C(C)(C)C)c2O)c(O)c(C(C)(C)C)c1. The summed E-state index contributed by atoms with van der Waals surface area (Å²) in [4.78, 5) is 0. The number of hydrogen-bond donors (Lipinski definition) is 2. The highest BCUT2D eigenvalue weighted by atomic mass is 31.1. The highest BCUT2D eigenvalue weighted by Gasteiger charge is 2.31. The summed E-state index contributed by atoms with van der Waals surface area (Å²) in [6.45, 7) is 12.2. The lowest BCUT2D eigenvalue weighted by Crippen LogP contribution is -2.21. The minimum Gasteiger partial charge on any atom is -0.507 e. The number of benzene rings is 2. The van der Waals surface area contributed by atoms with Gasteiger partial charge in [0.2, 0.25) is 0 Å². The van der Waals surface area contributed by atoms with Gasteiger partial charge < -0.3 is 24.2 Å². The van der Waals surface area contributed by atoms with Gasteiger partial charge >= 0.3 is 0 Å². The Morgan fingerprint density at radius 1 is 0.655 bits per heavy atom. The van der Waals surface area contributed by atoms with Crippen LogP contribution in [0.4, 0.5) is 0 Å². The lowest BCUT2D eigenvalue weighted by molar-refractivity contribution is 0.405. The van der Waals surface area contributed by atoms with Crippen LogP contribution in [0.2, 0.25) is 0 Å². The summed E-state index contributed by atoms with van der Waals surface area (Å²) in [6.07, 6.45) is 0. The van der Waals surface area contributed by atoms with Crippen LogP contribution < -0.4 is 20.1 Å². The van der Waals surface area contributed by atoms with E-state index in [1.807, 2.05) is 53.7 Å². The Balaban J connectivity index is 2.82. The molecule has 0 spiro atoms. The summed E-state index contributed by atoms with van der Waals surface area (Å²) in [6, 6.07) is 7.23. The van der Waals surface area contributed by atoms with E-state index < -0.39 is 8.15 Å². The zero-order valence-electron chi connectivity index (χ0n) is 18.9. The van der Waals surface area contributed by atoms with Crippen molar-refractivity contribution in [3.63, 3.8) is 0 Å². The Bertz CT molecular complexity index is 807. The van der Waals surface area contributed by atoms with Crippen molar-refractivity contribution in [1.29, 1.82) is 0 Å². The molecule has 0 fully saturated rings. The maximum absolute atomic E-state index is 11.1. The van der Waals surface area contributed by atoms with Gasteiger partial charge in [0, 0.05) is 18.2 Å². The van der Waals surface area contributed by atoms with Crippen molar-refractivity contribution < 1.29 is 24.2 Å². The molecule has 0 saturated carbocycles. The molecule has 2 aromatic rings. The zero-order valence-corrected chi connectivity index (χ0v) is 19.8. The van der Waals surface area contributed by atoms with E-state index in [4.69, 9.17) is 14.0 Å². The van der Waals surface area contributed by atoms with Gasteiger partial charge in [-0.25, -0.2) is 0 Å². The number of phenols is 2. The standard InChI is InChI=1S/C23H33O5P/c1-22(2,3)16-10-14(26-7)12-18(20(16)24)29(28-9)19-13-15(27-8)11-17(21(19)25)23(4,5)6/h10-13,24-25H,1-9H3. The first-order valence-corrected chi connectivity index (χ1v) is 10.8. The van der Waals surface area contributed by atoms with Gasteiger partial charge in [-0.1, -0.05) is 41.5 Å². The molecule has 0 aliphatic rings. The molecule has 0 atom stereocenters. The molecule has 0 bridgehead atoms. The predicted octanol–water partition coefficient (Wildman–Crippen LogP) is 4.70. The van der Waals surface area contributed by atoms with Crippen LogP contribution in [-0.4, -0.2) is 31.5 Å². The zero-order chi connectivity index (χ0) is 22.1. The molecule has 0 saturated heterocycles. The first kappa shape index (κ1) is 23.3. The molecule has 29 heavy (non-hydrogen) atoms. The summed E-state index contributed by atoms with van der Waals surface area (Å²) < 4.78 is 16.8. The monoisotopic (exact) mass is 420 g/mol. The molecule has 0 aromatic heterocycles.